The van der Waals surface area contributed by atoms with Gasteiger partial charge in [0.1, 0.15) is 0 Å². The molecule has 1 heterocycles. The fourth-order valence-electron chi connectivity index (χ4n) is 2.69. The van der Waals surface area contributed by atoms with Crippen LogP contribution in [0, 0.1) is 0 Å². The average Bonchev–Trinajstić information content (AvgIpc) is 2.53. The van der Waals surface area contributed by atoms with E-state index in [1.54, 1.807) is 4.90 Å². The number of amides is 2. The van der Waals surface area contributed by atoms with Crippen LogP contribution in [0.2, 0.25) is 5.02 Å². The maximum absolute atomic E-state index is 12.7. The number of fused-ring (bicyclic) bond motifs is 1. The highest BCUT2D eigenvalue weighted by atomic mass is 35.5. The van der Waals surface area contributed by atoms with E-state index in [0.717, 1.165) is 24.1 Å². The Hall–Kier alpha value is -2.21. The number of benzene rings is 2. The molecular formula is C17H14ClF3N2O. The summed E-state index contributed by atoms with van der Waals surface area (Å²) in [6.07, 6.45) is -3.77. The van der Waals surface area contributed by atoms with E-state index < -0.39 is 16.8 Å². The second kappa shape index (κ2) is 6.36. The molecule has 0 unspecified atom stereocenters. The van der Waals surface area contributed by atoms with Gasteiger partial charge in [-0.15, -0.1) is 0 Å². The molecule has 0 fully saturated rings. The van der Waals surface area contributed by atoms with Crippen molar-refractivity contribution in [1.29, 1.82) is 0 Å². The Morgan fingerprint density at radius 1 is 1.12 bits per heavy atom. The second-order valence-corrected chi connectivity index (χ2v) is 5.97. The zero-order valence-corrected chi connectivity index (χ0v) is 13.3. The molecule has 2 amide bonds. The van der Waals surface area contributed by atoms with Crippen LogP contribution in [-0.2, 0) is 19.1 Å². The Labute approximate surface area is 142 Å². The van der Waals surface area contributed by atoms with Gasteiger partial charge in [0.2, 0.25) is 0 Å². The number of nitrogens with one attached hydrogen (secondary N) is 1. The molecule has 0 saturated heterocycles. The first-order valence-corrected chi connectivity index (χ1v) is 7.72. The van der Waals surface area contributed by atoms with Crippen molar-refractivity contribution in [3.05, 3.63) is 64.2 Å². The molecule has 3 nitrogen and oxygen atoms in total. The van der Waals surface area contributed by atoms with Crippen LogP contribution in [0.5, 0.6) is 0 Å². The van der Waals surface area contributed by atoms with Crippen molar-refractivity contribution >= 4 is 23.3 Å². The van der Waals surface area contributed by atoms with Gasteiger partial charge in [-0.1, -0.05) is 35.9 Å². The molecule has 1 aliphatic rings. The summed E-state index contributed by atoms with van der Waals surface area (Å²) >= 11 is 5.67. The fourth-order valence-corrected chi connectivity index (χ4v) is 2.98. The third-order valence-electron chi connectivity index (χ3n) is 3.94. The zero-order chi connectivity index (χ0) is 17.3. The largest absolute Gasteiger partial charge is 0.417 e. The van der Waals surface area contributed by atoms with Gasteiger partial charge in [-0.05, 0) is 35.7 Å². The first-order valence-electron chi connectivity index (χ1n) is 7.34. The maximum Gasteiger partial charge on any atom is 0.417 e. The standard InChI is InChI=1S/C17H14ClF3N2O/c18-15-9-13(5-6-14(15)17(19,20)21)22-16(24)23-8-7-11-3-1-2-4-12(11)10-23/h1-6,9H,7-8,10H2,(H,22,24). The van der Waals surface area contributed by atoms with Crippen LogP contribution >= 0.6 is 11.6 Å². The number of urea groups is 1. The number of rotatable bonds is 1. The number of anilines is 1. The summed E-state index contributed by atoms with van der Waals surface area (Å²) in [5.74, 6) is 0. The summed E-state index contributed by atoms with van der Waals surface area (Å²) in [5, 5.41) is 2.16. The van der Waals surface area contributed by atoms with Crippen molar-refractivity contribution in [2.24, 2.45) is 0 Å². The summed E-state index contributed by atoms with van der Waals surface area (Å²) in [4.78, 5) is 13.9. The SMILES string of the molecule is O=C(Nc1ccc(C(F)(F)F)c(Cl)c1)N1CCc2ccccc2C1. The predicted octanol–water partition coefficient (Wildman–Crippen LogP) is 4.95. The molecule has 3 rings (SSSR count). The summed E-state index contributed by atoms with van der Waals surface area (Å²) in [5.41, 5.74) is 1.59. The van der Waals surface area contributed by atoms with Crippen molar-refractivity contribution < 1.29 is 18.0 Å². The second-order valence-electron chi connectivity index (χ2n) is 5.56. The number of hydrogen-bond donors (Lipinski definition) is 1. The third kappa shape index (κ3) is 3.48. The number of hydrogen-bond acceptors (Lipinski definition) is 1. The minimum Gasteiger partial charge on any atom is -0.320 e. The predicted molar refractivity (Wildman–Crippen MR) is 86.0 cm³/mol. The Bertz CT molecular complexity index is 777. The molecule has 7 heteroatoms. The van der Waals surface area contributed by atoms with Crippen molar-refractivity contribution in [2.75, 3.05) is 11.9 Å². The number of carbonyl (C=O) groups excluding carboxylic acids is 1. The first-order chi connectivity index (χ1) is 11.3. The Morgan fingerprint density at radius 2 is 1.83 bits per heavy atom. The molecule has 1 N–H and O–H groups in total. The van der Waals surface area contributed by atoms with Crippen LogP contribution in [-0.4, -0.2) is 17.5 Å². The van der Waals surface area contributed by atoms with Gasteiger partial charge in [0.15, 0.2) is 0 Å². The normalized spacial score (nSPS) is 14.2. The molecule has 0 aromatic heterocycles. The first kappa shape index (κ1) is 16.6. The lowest BCUT2D eigenvalue weighted by molar-refractivity contribution is -0.137. The van der Waals surface area contributed by atoms with E-state index in [4.69, 9.17) is 11.6 Å². The van der Waals surface area contributed by atoms with Gasteiger partial charge in [0.25, 0.3) is 0 Å². The van der Waals surface area contributed by atoms with Crippen LogP contribution < -0.4 is 5.32 Å². The zero-order valence-electron chi connectivity index (χ0n) is 12.5. The Morgan fingerprint density at radius 3 is 2.50 bits per heavy atom. The van der Waals surface area contributed by atoms with Crippen LogP contribution in [0.1, 0.15) is 16.7 Å². The molecule has 0 bridgehead atoms. The van der Waals surface area contributed by atoms with Crippen molar-refractivity contribution in [2.45, 2.75) is 19.1 Å². The number of halogens is 4. The highest BCUT2D eigenvalue weighted by molar-refractivity contribution is 6.31. The van der Waals surface area contributed by atoms with Crippen molar-refractivity contribution in [3.63, 3.8) is 0 Å². The average molecular weight is 355 g/mol. The minimum absolute atomic E-state index is 0.233. The number of alkyl halides is 3. The molecule has 24 heavy (non-hydrogen) atoms. The molecule has 0 saturated carbocycles. The highest BCUT2D eigenvalue weighted by Gasteiger charge is 2.33. The van der Waals surface area contributed by atoms with Gasteiger partial charge in [0.05, 0.1) is 10.6 Å². The molecule has 0 atom stereocenters. The number of nitrogens with zero attached hydrogens (tertiary/aromatic N) is 1. The lowest BCUT2D eigenvalue weighted by Gasteiger charge is -2.29. The smallest absolute Gasteiger partial charge is 0.320 e. The minimum atomic E-state index is -4.52. The van der Waals surface area contributed by atoms with E-state index in [1.165, 1.54) is 11.6 Å². The fraction of sp³-hybridized carbons (Fsp3) is 0.235. The highest BCUT2D eigenvalue weighted by Crippen LogP contribution is 2.35. The summed E-state index contributed by atoms with van der Waals surface area (Å²) in [6.45, 7) is 1.02. The van der Waals surface area contributed by atoms with Crippen molar-refractivity contribution in [3.8, 4) is 0 Å². The number of carbonyl (C=O) groups is 1. The van der Waals surface area contributed by atoms with Gasteiger partial charge in [-0.2, -0.15) is 13.2 Å². The lowest BCUT2D eigenvalue weighted by Crippen LogP contribution is -2.38. The van der Waals surface area contributed by atoms with Crippen molar-refractivity contribution in [1.82, 2.24) is 4.90 Å². The molecule has 2 aromatic carbocycles. The van der Waals surface area contributed by atoms with Crippen LogP contribution in [0.15, 0.2) is 42.5 Å². The summed E-state index contributed by atoms with van der Waals surface area (Å²) in [7, 11) is 0. The van der Waals surface area contributed by atoms with Crippen LogP contribution in [0.4, 0.5) is 23.7 Å². The van der Waals surface area contributed by atoms with E-state index in [2.05, 4.69) is 5.32 Å². The quantitative estimate of drug-likeness (QED) is 0.772. The van der Waals surface area contributed by atoms with E-state index >= 15 is 0 Å². The van der Waals surface area contributed by atoms with Crippen LogP contribution in [0.25, 0.3) is 0 Å². The van der Waals surface area contributed by atoms with Gasteiger partial charge in [0, 0.05) is 18.8 Å². The van der Waals surface area contributed by atoms with Gasteiger partial charge < -0.3 is 10.2 Å². The van der Waals surface area contributed by atoms with Gasteiger partial charge in [-0.3, -0.25) is 0 Å². The van der Waals surface area contributed by atoms with E-state index in [9.17, 15) is 18.0 Å². The summed E-state index contributed by atoms with van der Waals surface area (Å²) in [6, 6.07) is 10.7. The lowest BCUT2D eigenvalue weighted by atomic mass is 10.0. The monoisotopic (exact) mass is 354 g/mol. The Kier molecular flexibility index (Phi) is 4.41. The molecule has 2 aromatic rings. The molecule has 0 aliphatic carbocycles. The molecule has 1 aliphatic heterocycles. The molecule has 0 spiro atoms. The van der Waals surface area contributed by atoms with E-state index in [1.807, 2.05) is 24.3 Å². The topological polar surface area (TPSA) is 32.3 Å². The molecule has 0 radical (unpaired) electrons. The maximum atomic E-state index is 12.7. The third-order valence-corrected chi connectivity index (χ3v) is 4.26. The van der Waals surface area contributed by atoms with Gasteiger partial charge in [-0.25, -0.2) is 4.79 Å². The Balaban J connectivity index is 1.71. The molecular weight excluding hydrogens is 341 g/mol. The van der Waals surface area contributed by atoms with E-state index in [-0.39, 0.29) is 11.7 Å². The van der Waals surface area contributed by atoms with Gasteiger partial charge >= 0.3 is 12.2 Å². The van der Waals surface area contributed by atoms with Crippen LogP contribution in [0.3, 0.4) is 0 Å². The molecule has 126 valence electrons. The summed E-state index contributed by atoms with van der Waals surface area (Å²) < 4.78 is 38.1. The van der Waals surface area contributed by atoms with E-state index in [0.29, 0.717) is 13.1 Å².